The molecule has 104 valence electrons. The number of rotatable bonds is 9. The van der Waals surface area contributed by atoms with E-state index in [0.717, 1.165) is 24.1 Å². The van der Waals surface area contributed by atoms with Gasteiger partial charge in [-0.15, -0.1) is 11.3 Å². The van der Waals surface area contributed by atoms with Gasteiger partial charge >= 0.3 is 0 Å². The second-order valence-electron chi connectivity index (χ2n) is 4.08. The number of alkyl halides is 1. The van der Waals surface area contributed by atoms with E-state index in [-0.39, 0.29) is 0 Å². The lowest BCUT2D eigenvalue weighted by molar-refractivity contribution is 0.576. The van der Waals surface area contributed by atoms with E-state index >= 15 is 0 Å². The second-order valence-corrected chi connectivity index (χ2v) is 8.32. The Morgan fingerprint density at radius 1 is 1.22 bits per heavy atom. The Morgan fingerprint density at radius 3 is 2.56 bits per heavy atom. The lowest BCUT2D eigenvalue weighted by atomic mass is 10.2. The fourth-order valence-electron chi connectivity index (χ4n) is 1.54. The highest BCUT2D eigenvalue weighted by molar-refractivity contribution is 14.1. The van der Waals surface area contributed by atoms with Gasteiger partial charge < -0.3 is 0 Å². The molecule has 0 spiro atoms. The molecule has 0 atom stereocenters. The molecule has 0 aliphatic rings. The van der Waals surface area contributed by atoms with E-state index in [2.05, 4.69) is 27.3 Å². The van der Waals surface area contributed by atoms with Gasteiger partial charge in [0.15, 0.2) is 0 Å². The summed E-state index contributed by atoms with van der Waals surface area (Å²) in [7, 11) is -3.28. The molecule has 0 unspecified atom stereocenters. The molecule has 0 amide bonds. The van der Waals surface area contributed by atoms with Crippen molar-refractivity contribution in [1.82, 2.24) is 4.72 Å². The molecule has 0 saturated carbocycles. The molecule has 1 aromatic rings. The van der Waals surface area contributed by atoms with E-state index in [1.807, 2.05) is 13.0 Å². The molecule has 0 aliphatic carbocycles. The maximum absolute atomic E-state index is 11.9. The number of halogens is 1. The van der Waals surface area contributed by atoms with Gasteiger partial charge in [-0.25, -0.2) is 13.1 Å². The number of hydrogen-bond donors (Lipinski definition) is 1. The van der Waals surface area contributed by atoms with Crippen molar-refractivity contribution in [2.24, 2.45) is 0 Å². The van der Waals surface area contributed by atoms with Gasteiger partial charge in [0, 0.05) is 11.4 Å². The third kappa shape index (κ3) is 5.54. The van der Waals surface area contributed by atoms with Crippen LogP contribution in [0.4, 0.5) is 0 Å². The third-order valence-electron chi connectivity index (χ3n) is 2.60. The molecule has 18 heavy (non-hydrogen) atoms. The van der Waals surface area contributed by atoms with Crippen LogP contribution in [0.2, 0.25) is 0 Å². The first-order valence-electron chi connectivity index (χ1n) is 6.24. The molecule has 1 aromatic heterocycles. The molecule has 0 aromatic carbocycles. The molecule has 0 saturated heterocycles. The normalized spacial score (nSPS) is 11.9. The number of nitrogens with one attached hydrogen (secondary N) is 1. The fourth-order valence-corrected chi connectivity index (χ4v) is 4.50. The SMILES string of the molecule is CCc1ccc(S(=O)(=O)NCCCCCCI)s1. The molecule has 1 N–H and O–H groups in total. The molecule has 0 fully saturated rings. The summed E-state index contributed by atoms with van der Waals surface area (Å²) in [6.07, 6.45) is 5.30. The van der Waals surface area contributed by atoms with Crippen LogP contribution in [0.25, 0.3) is 0 Å². The molecular formula is C12H20INO2S2. The summed E-state index contributed by atoms with van der Waals surface area (Å²) in [5.41, 5.74) is 0. The summed E-state index contributed by atoms with van der Waals surface area (Å²) in [5.74, 6) is 0. The van der Waals surface area contributed by atoms with Crippen molar-refractivity contribution in [3.8, 4) is 0 Å². The number of sulfonamides is 1. The van der Waals surface area contributed by atoms with E-state index in [0.29, 0.717) is 10.8 Å². The lowest BCUT2D eigenvalue weighted by Gasteiger charge is -2.04. The first-order chi connectivity index (χ1) is 8.60. The minimum Gasteiger partial charge on any atom is -0.210 e. The van der Waals surface area contributed by atoms with Crippen molar-refractivity contribution >= 4 is 44.0 Å². The lowest BCUT2D eigenvalue weighted by Crippen LogP contribution is -2.23. The average Bonchev–Trinajstić information content (AvgIpc) is 2.83. The Kier molecular flexibility index (Phi) is 7.74. The van der Waals surface area contributed by atoms with Crippen LogP contribution >= 0.6 is 33.9 Å². The standard InChI is InChI=1S/C12H20INO2S2/c1-2-11-7-8-12(17-11)18(15,16)14-10-6-4-3-5-9-13/h7-8,14H,2-6,9-10H2,1H3. The van der Waals surface area contributed by atoms with Crippen LogP contribution in [0.15, 0.2) is 16.3 Å². The second kappa shape index (κ2) is 8.50. The molecule has 1 heterocycles. The zero-order valence-corrected chi connectivity index (χ0v) is 14.4. The number of aryl methyl sites for hydroxylation is 1. The molecule has 0 bridgehead atoms. The van der Waals surface area contributed by atoms with Crippen LogP contribution in [0.3, 0.4) is 0 Å². The topological polar surface area (TPSA) is 46.2 Å². The van der Waals surface area contributed by atoms with Crippen molar-refractivity contribution in [2.45, 2.75) is 43.2 Å². The predicted molar refractivity (Wildman–Crippen MR) is 86.2 cm³/mol. The zero-order valence-electron chi connectivity index (χ0n) is 10.6. The minimum absolute atomic E-state index is 0.437. The summed E-state index contributed by atoms with van der Waals surface area (Å²) < 4.78 is 28.2. The van der Waals surface area contributed by atoms with Crippen molar-refractivity contribution in [2.75, 3.05) is 11.0 Å². The van der Waals surface area contributed by atoms with Crippen molar-refractivity contribution in [1.29, 1.82) is 0 Å². The summed E-state index contributed by atoms with van der Waals surface area (Å²) in [5, 5.41) is 0. The minimum atomic E-state index is -3.28. The maximum atomic E-state index is 11.9. The highest BCUT2D eigenvalue weighted by Crippen LogP contribution is 2.21. The quantitative estimate of drug-likeness (QED) is 0.391. The first-order valence-corrected chi connectivity index (χ1v) is 10.1. The monoisotopic (exact) mass is 401 g/mol. The highest BCUT2D eigenvalue weighted by atomic mass is 127. The van der Waals surface area contributed by atoms with Gasteiger partial charge in [-0.05, 0) is 35.8 Å². The Balaban J connectivity index is 2.36. The van der Waals surface area contributed by atoms with Gasteiger partial charge in [0.25, 0.3) is 0 Å². The van der Waals surface area contributed by atoms with Crippen LogP contribution < -0.4 is 4.72 Å². The number of thiophene rings is 1. The van der Waals surface area contributed by atoms with Crippen LogP contribution in [-0.2, 0) is 16.4 Å². The average molecular weight is 401 g/mol. The summed E-state index contributed by atoms with van der Waals surface area (Å²) in [6, 6.07) is 3.58. The van der Waals surface area contributed by atoms with Crippen molar-refractivity contribution < 1.29 is 8.42 Å². The molecule has 6 heteroatoms. The third-order valence-corrected chi connectivity index (χ3v) is 6.55. The van der Waals surface area contributed by atoms with Crippen molar-refractivity contribution in [3.05, 3.63) is 17.0 Å². The van der Waals surface area contributed by atoms with Crippen LogP contribution in [0, 0.1) is 0 Å². The van der Waals surface area contributed by atoms with Crippen LogP contribution in [0.1, 0.15) is 37.5 Å². The first kappa shape index (κ1) is 16.4. The molecule has 0 radical (unpaired) electrons. The van der Waals surface area contributed by atoms with Crippen molar-refractivity contribution in [3.63, 3.8) is 0 Å². The molecular weight excluding hydrogens is 381 g/mol. The molecule has 0 aliphatic heterocycles. The Hall–Kier alpha value is 0.340. The Labute approximate surface area is 128 Å². The van der Waals surface area contributed by atoms with Gasteiger partial charge in [0.1, 0.15) is 4.21 Å². The number of hydrogen-bond acceptors (Lipinski definition) is 3. The highest BCUT2D eigenvalue weighted by Gasteiger charge is 2.15. The smallest absolute Gasteiger partial charge is 0.210 e. The maximum Gasteiger partial charge on any atom is 0.250 e. The molecule has 1 rings (SSSR count). The van der Waals surface area contributed by atoms with E-state index in [1.54, 1.807) is 6.07 Å². The summed E-state index contributed by atoms with van der Waals surface area (Å²) >= 11 is 3.73. The van der Waals surface area contributed by atoms with Gasteiger partial charge in [-0.1, -0.05) is 42.4 Å². The Morgan fingerprint density at radius 2 is 1.94 bits per heavy atom. The largest absolute Gasteiger partial charge is 0.250 e. The van der Waals surface area contributed by atoms with Gasteiger partial charge in [-0.2, -0.15) is 0 Å². The van der Waals surface area contributed by atoms with Gasteiger partial charge in [-0.3, -0.25) is 0 Å². The summed E-state index contributed by atoms with van der Waals surface area (Å²) in [4.78, 5) is 1.11. The van der Waals surface area contributed by atoms with Gasteiger partial charge in [0.2, 0.25) is 10.0 Å². The van der Waals surface area contributed by atoms with E-state index in [9.17, 15) is 8.42 Å². The van der Waals surface area contributed by atoms with E-state index in [4.69, 9.17) is 0 Å². The van der Waals surface area contributed by atoms with Crippen LogP contribution in [-0.4, -0.2) is 19.4 Å². The van der Waals surface area contributed by atoms with Crippen LogP contribution in [0.5, 0.6) is 0 Å². The van der Waals surface area contributed by atoms with Gasteiger partial charge in [0.05, 0.1) is 0 Å². The van der Waals surface area contributed by atoms with E-state index in [1.165, 1.54) is 28.6 Å². The predicted octanol–water partition coefficient (Wildman–Crippen LogP) is 3.58. The van der Waals surface area contributed by atoms with E-state index < -0.39 is 10.0 Å². The fraction of sp³-hybridized carbons (Fsp3) is 0.667. The molecule has 3 nitrogen and oxygen atoms in total. The summed E-state index contributed by atoms with van der Waals surface area (Å²) in [6.45, 7) is 2.58. The number of unbranched alkanes of at least 4 members (excludes halogenated alkanes) is 3. The zero-order chi connectivity index (χ0) is 13.4. The Bertz CT molecular complexity index is 443.